The largest absolute Gasteiger partial charge is 0.361 e. The third kappa shape index (κ3) is 1.02. The predicted molar refractivity (Wildman–Crippen MR) is 50.7 cm³/mol. The molecule has 1 heterocycles. The van der Waals surface area contributed by atoms with Crippen LogP contribution >= 0.6 is 0 Å². The van der Waals surface area contributed by atoms with Crippen LogP contribution in [0.1, 0.15) is 23.2 Å². The van der Waals surface area contributed by atoms with E-state index in [4.69, 9.17) is 0 Å². The van der Waals surface area contributed by atoms with E-state index in [0.29, 0.717) is 0 Å². The first-order valence-electron chi connectivity index (χ1n) is 4.21. The van der Waals surface area contributed by atoms with E-state index in [1.54, 1.807) is 0 Å². The van der Waals surface area contributed by atoms with Crippen molar-refractivity contribution in [2.45, 2.75) is 20.3 Å². The van der Waals surface area contributed by atoms with E-state index in [1.165, 1.54) is 22.4 Å². The zero-order valence-corrected chi connectivity index (χ0v) is 7.44. The number of allylic oxidation sites excluding steroid dienone is 4. The monoisotopic (exact) mass is 158 g/mol. The lowest BCUT2D eigenvalue weighted by molar-refractivity contribution is 1.31. The highest BCUT2D eigenvalue weighted by Gasteiger charge is 2.08. The van der Waals surface area contributed by atoms with Crippen LogP contribution in [-0.2, 0) is 0 Å². The van der Waals surface area contributed by atoms with Gasteiger partial charge in [0.15, 0.2) is 0 Å². The SMILES string of the molecule is Cc1c[nH]c(C2=[C]CC=C2)c1C. The Bertz CT molecular complexity index is 353. The molecule has 61 valence electrons. The molecule has 0 aliphatic heterocycles. The first kappa shape index (κ1) is 7.41. The Kier molecular flexibility index (Phi) is 1.65. The van der Waals surface area contributed by atoms with E-state index in [0.717, 1.165) is 6.42 Å². The number of rotatable bonds is 1. The van der Waals surface area contributed by atoms with Crippen LogP contribution in [0, 0.1) is 19.9 Å². The number of nitrogens with one attached hydrogen (secondary N) is 1. The van der Waals surface area contributed by atoms with Crippen molar-refractivity contribution in [2.75, 3.05) is 0 Å². The minimum Gasteiger partial charge on any atom is -0.361 e. The Morgan fingerprint density at radius 1 is 1.42 bits per heavy atom. The van der Waals surface area contributed by atoms with E-state index in [1.807, 2.05) is 6.20 Å². The summed E-state index contributed by atoms with van der Waals surface area (Å²) in [5, 5.41) is 0. The van der Waals surface area contributed by atoms with Crippen molar-refractivity contribution in [3.63, 3.8) is 0 Å². The van der Waals surface area contributed by atoms with Gasteiger partial charge in [-0.3, -0.25) is 0 Å². The van der Waals surface area contributed by atoms with Gasteiger partial charge in [-0.1, -0.05) is 12.2 Å². The maximum Gasteiger partial charge on any atom is 0.0489 e. The third-order valence-corrected chi connectivity index (χ3v) is 2.36. The summed E-state index contributed by atoms with van der Waals surface area (Å²) in [5.41, 5.74) is 5.09. The fourth-order valence-corrected chi connectivity index (χ4v) is 1.45. The van der Waals surface area contributed by atoms with Crippen LogP contribution in [0.3, 0.4) is 0 Å². The van der Waals surface area contributed by atoms with Crippen LogP contribution in [-0.4, -0.2) is 4.98 Å². The van der Waals surface area contributed by atoms with Crippen molar-refractivity contribution < 1.29 is 0 Å². The quantitative estimate of drug-likeness (QED) is 0.646. The summed E-state index contributed by atoms with van der Waals surface area (Å²) in [6.07, 6.45) is 10.6. The summed E-state index contributed by atoms with van der Waals surface area (Å²) in [6.45, 7) is 4.26. The number of aryl methyl sites for hydroxylation is 1. The second-order valence-electron chi connectivity index (χ2n) is 3.17. The maximum atomic E-state index is 3.30. The van der Waals surface area contributed by atoms with Crippen LogP contribution < -0.4 is 0 Å². The second-order valence-corrected chi connectivity index (χ2v) is 3.17. The van der Waals surface area contributed by atoms with Crippen molar-refractivity contribution >= 4 is 5.57 Å². The number of hydrogen-bond donors (Lipinski definition) is 1. The summed E-state index contributed by atoms with van der Waals surface area (Å²) < 4.78 is 0. The molecule has 0 atom stereocenters. The van der Waals surface area contributed by atoms with Gasteiger partial charge in [-0.25, -0.2) is 0 Å². The van der Waals surface area contributed by atoms with E-state index < -0.39 is 0 Å². The van der Waals surface area contributed by atoms with Crippen molar-refractivity contribution in [1.82, 2.24) is 4.98 Å². The van der Waals surface area contributed by atoms with Crippen LogP contribution in [0.4, 0.5) is 0 Å². The third-order valence-electron chi connectivity index (χ3n) is 2.36. The van der Waals surface area contributed by atoms with Crippen molar-refractivity contribution in [3.8, 4) is 0 Å². The Labute approximate surface area is 72.8 Å². The van der Waals surface area contributed by atoms with Gasteiger partial charge < -0.3 is 4.98 Å². The normalized spacial score (nSPS) is 15.3. The van der Waals surface area contributed by atoms with Crippen LogP contribution in [0.15, 0.2) is 18.3 Å². The highest BCUT2D eigenvalue weighted by atomic mass is 14.7. The average molecular weight is 158 g/mol. The van der Waals surface area contributed by atoms with E-state index >= 15 is 0 Å². The van der Waals surface area contributed by atoms with Gasteiger partial charge in [0.1, 0.15) is 0 Å². The summed E-state index contributed by atoms with van der Waals surface area (Å²) >= 11 is 0. The smallest absolute Gasteiger partial charge is 0.0489 e. The van der Waals surface area contributed by atoms with E-state index in [2.05, 4.69) is 37.1 Å². The molecule has 0 bridgehead atoms. The molecule has 0 fully saturated rings. The zero-order chi connectivity index (χ0) is 8.55. The molecule has 12 heavy (non-hydrogen) atoms. The molecule has 1 nitrogen and oxygen atoms in total. The van der Waals surface area contributed by atoms with Crippen molar-refractivity contribution in [2.24, 2.45) is 0 Å². The first-order chi connectivity index (χ1) is 5.79. The Hall–Kier alpha value is -1.24. The topological polar surface area (TPSA) is 15.8 Å². The van der Waals surface area contributed by atoms with Gasteiger partial charge in [0, 0.05) is 17.5 Å². The lowest BCUT2D eigenvalue weighted by atomic mass is 10.1. The standard InChI is InChI=1S/C11H12N/c1-8-7-12-11(9(8)2)10-5-3-4-6-10/h3,5,7,12H,4H2,1-2H3. The van der Waals surface area contributed by atoms with Gasteiger partial charge in [-0.15, -0.1) is 0 Å². The molecular weight excluding hydrogens is 146 g/mol. The summed E-state index contributed by atoms with van der Waals surface area (Å²) in [5.74, 6) is 0. The van der Waals surface area contributed by atoms with Crippen LogP contribution in [0.2, 0.25) is 0 Å². The van der Waals surface area contributed by atoms with E-state index in [9.17, 15) is 0 Å². The molecule has 0 unspecified atom stereocenters. The highest BCUT2D eigenvalue weighted by Crippen LogP contribution is 2.24. The Balaban J connectivity index is 2.46. The highest BCUT2D eigenvalue weighted by molar-refractivity contribution is 5.74. The first-order valence-corrected chi connectivity index (χ1v) is 4.21. The van der Waals surface area contributed by atoms with Crippen LogP contribution in [0.25, 0.3) is 5.57 Å². The molecule has 0 amide bonds. The molecule has 1 aliphatic carbocycles. The van der Waals surface area contributed by atoms with Gasteiger partial charge >= 0.3 is 0 Å². The van der Waals surface area contributed by atoms with Gasteiger partial charge in [0.25, 0.3) is 0 Å². The number of hydrogen-bond acceptors (Lipinski definition) is 0. The lowest BCUT2D eigenvalue weighted by Gasteiger charge is -1.97. The summed E-state index contributed by atoms with van der Waals surface area (Å²) in [6, 6.07) is 0. The molecule has 1 N–H and O–H groups in total. The molecule has 0 saturated heterocycles. The van der Waals surface area contributed by atoms with Gasteiger partial charge in [0.2, 0.25) is 0 Å². The molecule has 0 spiro atoms. The van der Waals surface area contributed by atoms with Crippen molar-refractivity contribution in [3.05, 3.63) is 41.2 Å². The maximum absolute atomic E-state index is 3.30. The number of aromatic amines is 1. The van der Waals surface area contributed by atoms with Gasteiger partial charge in [-0.05, 0) is 37.5 Å². The number of H-pyrrole nitrogens is 1. The van der Waals surface area contributed by atoms with Crippen LogP contribution in [0.5, 0.6) is 0 Å². The zero-order valence-electron chi connectivity index (χ0n) is 7.44. The fourth-order valence-electron chi connectivity index (χ4n) is 1.45. The van der Waals surface area contributed by atoms with E-state index in [-0.39, 0.29) is 0 Å². The lowest BCUT2D eigenvalue weighted by Crippen LogP contribution is -1.82. The molecule has 2 rings (SSSR count). The van der Waals surface area contributed by atoms with Crippen molar-refractivity contribution in [1.29, 1.82) is 0 Å². The fraction of sp³-hybridized carbons (Fsp3) is 0.273. The predicted octanol–water partition coefficient (Wildman–Crippen LogP) is 2.78. The molecule has 1 aromatic heterocycles. The molecule has 0 saturated carbocycles. The molecule has 1 aromatic rings. The molecule has 1 aliphatic rings. The minimum atomic E-state index is 0.951. The van der Waals surface area contributed by atoms with Gasteiger partial charge in [0.05, 0.1) is 0 Å². The summed E-state index contributed by atoms with van der Waals surface area (Å²) in [7, 11) is 0. The molecule has 0 aromatic carbocycles. The average Bonchev–Trinajstić information content (AvgIpc) is 2.64. The second kappa shape index (κ2) is 2.67. The molecule has 1 radical (unpaired) electrons. The minimum absolute atomic E-state index is 0.951. The number of aromatic nitrogens is 1. The molecule has 1 heteroatoms. The Morgan fingerprint density at radius 2 is 2.25 bits per heavy atom. The van der Waals surface area contributed by atoms with Gasteiger partial charge in [-0.2, -0.15) is 0 Å². The molecular formula is C11H12N. The summed E-state index contributed by atoms with van der Waals surface area (Å²) in [4.78, 5) is 3.26. The Morgan fingerprint density at radius 3 is 2.75 bits per heavy atom.